The first-order valence-corrected chi connectivity index (χ1v) is 12.9. The maximum Gasteiger partial charge on any atom is 0.345 e. The quantitative estimate of drug-likeness (QED) is 0.161. The van der Waals surface area contributed by atoms with Crippen molar-refractivity contribution in [2.75, 3.05) is 12.0 Å². The van der Waals surface area contributed by atoms with E-state index in [1.807, 2.05) is 6.26 Å². The maximum atomic E-state index is 11.8. The van der Waals surface area contributed by atoms with E-state index >= 15 is 0 Å². The summed E-state index contributed by atoms with van der Waals surface area (Å²) in [5, 5.41) is 9.07. The Hall–Kier alpha value is -0.710. The van der Waals surface area contributed by atoms with Gasteiger partial charge in [-0.3, -0.25) is 4.79 Å². The minimum atomic E-state index is -1.04. The standard InChI is InChI=1S/C23H44O4S/c1-3-4-5-6-7-8-9-10-11-12-13-14-15-16-17-18-22(24)27-21(23(25)26)19-20-28-2/h21H,3-20H2,1-2H3,(H,25,26). The lowest BCUT2D eigenvalue weighted by atomic mass is 10.0. The first-order chi connectivity index (χ1) is 13.6. The van der Waals surface area contributed by atoms with Gasteiger partial charge in [0.15, 0.2) is 6.10 Å². The average molecular weight is 417 g/mol. The number of unbranched alkanes of at least 4 members (excludes halogenated alkanes) is 14. The lowest BCUT2D eigenvalue weighted by molar-refractivity contribution is -0.164. The molecule has 0 aliphatic heterocycles. The summed E-state index contributed by atoms with van der Waals surface area (Å²) >= 11 is 1.56. The van der Waals surface area contributed by atoms with E-state index in [9.17, 15) is 9.59 Å². The van der Waals surface area contributed by atoms with Gasteiger partial charge in [0.25, 0.3) is 0 Å². The number of ether oxygens (including phenoxy) is 1. The minimum absolute atomic E-state index is 0.335. The number of thioether (sulfide) groups is 1. The van der Waals surface area contributed by atoms with Crippen LogP contribution < -0.4 is 0 Å². The van der Waals surface area contributed by atoms with Crippen LogP contribution in [-0.4, -0.2) is 35.2 Å². The van der Waals surface area contributed by atoms with Gasteiger partial charge in [-0.2, -0.15) is 11.8 Å². The molecule has 0 rings (SSSR count). The Kier molecular flexibility index (Phi) is 20.5. The van der Waals surface area contributed by atoms with Crippen molar-refractivity contribution < 1.29 is 19.4 Å². The number of hydrogen-bond acceptors (Lipinski definition) is 4. The highest BCUT2D eigenvalue weighted by Crippen LogP contribution is 2.14. The van der Waals surface area contributed by atoms with Crippen molar-refractivity contribution >= 4 is 23.7 Å². The molecular weight excluding hydrogens is 372 g/mol. The molecule has 0 fully saturated rings. The van der Waals surface area contributed by atoms with Crippen LogP contribution in [0.15, 0.2) is 0 Å². The second-order valence-electron chi connectivity index (χ2n) is 7.80. The molecular formula is C23H44O4S. The molecule has 0 saturated carbocycles. The topological polar surface area (TPSA) is 63.6 Å². The summed E-state index contributed by atoms with van der Waals surface area (Å²) < 4.78 is 5.08. The molecule has 0 aliphatic carbocycles. The predicted molar refractivity (Wildman–Crippen MR) is 120 cm³/mol. The van der Waals surface area contributed by atoms with Crippen molar-refractivity contribution in [3.63, 3.8) is 0 Å². The summed E-state index contributed by atoms with van der Waals surface area (Å²) in [5.74, 6) is -0.731. The zero-order valence-electron chi connectivity index (χ0n) is 18.4. The summed E-state index contributed by atoms with van der Waals surface area (Å²) in [6, 6.07) is 0. The average Bonchev–Trinajstić information content (AvgIpc) is 2.67. The van der Waals surface area contributed by atoms with Gasteiger partial charge in [0.05, 0.1) is 0 Å². The molecule has 0 aliphatic rings. The van der Waals surface area contributed by atoms with Crippen LogP contribution in [0, 0.1) is 0 Å². The van der Waals surface area contributed by atoms with E-state index in [4.69, 9.17) is 9.84 Å². The van der Waals surface area contributed by atoms with E-state index in [0.29, 0.717) is 18.6 Å². The van der Waals surface area contributed by atoms with Crippen LogP contribution in [0.2, 0.25) is 0 Å². The van der Waals surface area contributed by atoms with E-state index in [2.05, 4.69) is 6.92 Å². The van der Waals surface area contributed by atoms with Crippen LogP contribution in [0.3, 0.4) is 0 Å². The van der Waals surface area contributed by atoms with E-state index in [0.717, 1.165) is 19.3 Å². The van der Waals surface area contributed by atoms with Crippen molar-refractivity contribution in [3.8, 4) is 0 Å². The normalized spacial score (nSPS) is 12.1. The van der Waals surface area contributed by atoms with E-state index < -0.39 is 12.1 Å². The largest absolute Gasteiger partial charge is 0.479 e. The van der Waals surface area contributed by atoms with Crippen LogP contribution in [0.5, 0.6) is 0 Å². The Morgan fingerprint density at radius 2 is 1.21 bits per heavy atom. The van der Waals surface area contributed by atoms with Crippen molar-refractivity contribution in [1.29, 1.82) is 0 Å². The third-order valence-electron chi connectivity index (χ3n) is 5.12. The fraction of sp³-hybridized carbons (Fsp3) is 0.913. The van der Waals surface area contributed by atoms with Crippen LogP contribution in [0.25, 0.3) is 0 Å². The summed E-state index contributed by atoms with van der Waals surface area (Å²) in [4.78, 5) is 22.8. The molecule has 0 heterocycles. The van der Waals surface area contributed by atoms with Crippen molar-refractivity contribution in [2.45, 2.75) is 122 Å². The molecule has 5 heteroatoms. The van der Waals surface area contributed by atoms with Gasteiger partial charge in [-0.05, 0) is 18.4 Å². The number of esters is 1. The summed E-state index contributed by atoms with van der Waals surface area (Å²) in [5.41, 5.74) is 0. The number of carboxylic acid groups (broad SMARTS) is 1. The third kappa shape index (κ3) is 18.6. The zero-order valence-corrected chi connectivity index (χ0v) is 19.2. The Morgan fingerprint density at radius 3 is 1.61 bits per heavy atom. The highest BCUT2D eigenvalue weighted by atomic mass is 32.2. The lowest BCUT2D eigenvalue weighted by Crippen LogP contribution is -2.27. The molecule has 0 amide bonds. The van der Waals surface area contributed by atoms with Crippen molar-refractivity contribution in [3.05, 3.63) is 0 Å². The molecule has 1 unspecified atom stereocenters. The fourth-order valence-corrected chi connectivity index (χ4v) is 3.77. The van der Waals surface area contributed by atoms with E-state index in [-0.39, 0.29) is 5.97 Å². The molecule has 166 valence electrons. The molecule has 1 N–H and O–H groups in total. The van der Waals surface area contributed by atoms with Gasteiger partial charge in [-0.1, -0.05) is 96.8 Å². The summed E-state index contributed by atoms with van der Waals surface area (Å²) in [7, 11) is 0. The van der Waals surface area contributed by atoms with Gasteiger partial charge in [0, 0.05) is 12.8 Å². The number of hydrogen-bond donors (Lipinski definition) is 1. The molecule has 0 radical (unpaired) electrons. The first kappa shape index (κ1) is 27.3. The Morgan fingerprint density at radius 1 is 0.786 bits per heavy atom. The van der Waals surface area contributed by atoms with Gasteiger partial charge < -0.3 is 9.84 Å². The number of carboxylic acids is 1. The van der Waals surface area contributed by atoms with Gasteiger partial charge in [-0.15, -0.1) is 0 Å². The van der Waals surface area contributed by atoms with Crippen LogP contribution in [0.1, 0.15) is 116 Å². The van der Waals surface area contributed by atoms with E-state index in [1.165, 1.54) is 77.0 Å². The Balaban J connectivity index is 3.38. The van der Waals surface area contributed by atoms with Gasteiger partial charge in [0.1, 0.15) is 0 Å². The van der Waals surface area contributed by atoms with Crippen LogP contribution in [0.4, 0.5) is 0 Å². The minimum Gasteiger partial charge on any atom is -0.479 e. The highest BCUT2D eigenvalue weighted by molar-refractivity contribution is 7.98. The number of rotatable bonds is 21. The first-order valence-electron chi connectivity index (χ1n) is 11.5. The van der Waals surface area contributed by atoms with E-state index in [1.54, 1.807) is 11.8 Å². The van der Waals surface area contributed by atoms with Crippen molar-refractivity contribution in [2.24, 2.45) is 0 Å². The van der Waals surface area contributed by atoms with Crippen LogP contribution >= 0.6 is 11.8 Å². The molecule has 0 saturated heterocycles. The smallest absolute Gasteiger partial charge is 0.345 e. The Labute approximate surface area is 177 Å². The summed E-state index contributed by atoms with van der Waals surface area (Å²) in [6.07, 6.45) is 20.9. The molecule has 0 aromatic carbocycles. The monoisotopic (exact) mass is 416 g/mol. The van der Waals surface area contributed by atoms with Gasteiger partial charge in [0.2, 0.25) is 0 Å². The molecule has 4 nitrogen and oxygen atoms in total. The summed E-state index contributed by atoms with van der Waals surface area (Å²) in [6.45, 7) is 2.26. The SMILES string of the molecule is CCCCCCCCCCCCCCCCCC(=O)OC(CCSC)C(=O)O. The molecule has 28 heavy (non-hydrogen) atoms. The molecule has 0 bridgehead atoms. The van der Waals surface area contributed by atoms with Gasteiger partial charge in [-0.25, -0.2) is 4.79 Å². The number of aliphatic carboxylic acids is 1. The fourth-order valence-electron chi connectivity index (χ4n) is 3.32. The lowest BCUT2D eigenvalue weighted by Gasteiger charge is -2.13. The van der Waals surface area contributed by atoms with Crippen molar-refractivity contribution in [1.82, 2.24) is 0 Å². The number of carbonyl (C=O) groups excluding carboxylic acids is 1. The predicted octanol–water partition coefficient (Wildman–Crippen LogP) is 7.00. The Bertz CT molecular complexity index is 374. The van der Waals surface area contributed by atoms with Crippen LogP contribution in [-0.2, 0) is 14.3 Å². The second-order valence-corrected chi connectivity index (χ2v) is 8.78. The third-order valence-corrected chi connectivity index (χ3v) is 5.76. The molecule has 1 atom stereocenters. The molecule has 0 spiro atoms. The highest BCUT2D eigenvalue weighted by Gasteiger charge is 2.21. The maximum absolute atomic E-state index is 11.8. The number of carbonyl (C=O) groups is 2. The molecule has 0 aromatic heterocycles. The zero-order chi connectivity index (χ0) is 20.9. The van der Waals surface area contributed by atoms with Gasteiger partial charge >= 0.3 is 11.9 Å². The second kappa shape index (κ2) is 21.0. The molecule has 0 aromatic rings.